The van der Waals surface area contributed by atoms with Crippen LogP contribution in [-0.4, -0.2) is 16.7 Å². The van der Waals surface area contributed by atoms with Crippen molar-refractivity contribution >= 4 is 51.5 Å². The van der Waals surface area contributed by atoms with E-state index in [2.05, 4.69) is 10.6 Å². The molecule has 0 aliphatic heterocycles. The van der Waals surface area contributed by atoms with Gasteiger partial charge in [0.25, 0.3) is 11.6 Å². The van der Waals surface area contributed by atoms with Gasteiger partial charge < -0.3 is 10.6 Å². The lowest BCUT2D eigenvalue weighted by Crippen LogP contribution is -2.15. The van der Waals surface area contributed by atoms with E-state index in [1.54, 1.807) is 25.1 Å². The van der Waals surface area contributed by atoms with E-state index in [1.807, 2.05) is 29.5 Å². The zero-order chi connectivity index (χ0) is 18.6. The minimum absolute atomic E-state index is 0.130. The molecule has 0 fully saturated rings. The maximum absolute atomic E-state index is 12.5. The Kier molecular flexibility index (Phi) is 6.07. The zero-order valence-corrected chi connectivity index (χ0v) is 15.8. The van der Waals surface area contributed by atoms with Crippen LogP contribution in [0.3, 0.4) is 0 Å². The van der Waals surface area contributed by atoms with Gasteiger partial charge in [-0.1, -0.05) is 13.0 Å². The van der Waals surface area contributed by atoms with E-state index in [4.69, 9.17) is 0 Å². The van der Waals surface area contributed by atoms with Gasteiger partial charge in [-0.25, -0.2) is 0 Å². The maximum atomic E-state index is 12.5. The van der Waals surface area contributed by atoms with Crippen molar-refractivity contribution in [2.45, 2.75) is 20.3 Å². The number of anilines is 2. The molecule has 0 aliphatic rings. The molecule has 0 saturated carbocycles. The number of carbonyl (C=O) groups is 2. The molecule has 130 valence electrons. The second-order valence-electron chi connectivity index (χ2n) is 5.31. The number of halogens is 1. The van der Waals surface area contributed by atoms with Crippen LogP contribution >= 0.6 is 22.6 Å². The van der Waals surface area contributed by atoms with Crippen molar-refractivity contribution in [2.75, 3.05) is 10.6 Å². The molecule has 2 N–H and O–H groups in total. The molecule has 0 spiro atoms. The second kappa shape index (κ2) is 8.06. The molecule has 0 bridgehead atoms. The minimum Gasteiger partial charge on any atom is -0.326 e. The number of hydrogen-bond acceptors (Lipinski definition) is 4. The molecule has 2 aromatic rings. The highest BCUT2D eigenvalue weighted by Gasteiger charge is 2.16. The third kappa shape index (κ3) is 4.75. The van der Waals surface area contributed by atoms with Crippen molar-refractivity contribution in [3.05, 3.63) is 61.2 Å². The first-order chi connectivity index (χ1) is 11.8. The molecule has 0 atom stereocenters. The first-order valence-electron chi connectivity index (χ1n) is 7.47. The summed E-state index contributed by atoms with van der Waals surface area (Å²) in [6.45, 7) is 3.57. The number of non-ortho nitro benzene ring substituents is 1. The van der Waals surface area contributed by atoms with Crippen LogP contribution in [0.25, 0.3) is 0 Å². The number of nitrogens with one attached hydrogen (secondary N) is 2. The number of nitrogens with zero attached hydrogens (tertiary/aromatic N) is 1. The number of hydrogen-bond donors (Lipinski definition) is 2. The lowest BCUT2D eigenvalue weighted by Gasteiger charge is -2.12. The van der Waals surface area contributed by atoms with E-state index in [9.17, 15) is 19.7 Å². The molecule has 0 saturated heterocycles. The van der Waals surface area contributed by atoms with Crippen molar-refractivity contribution < 1.29 is 14.5 Å². The van der Waals surface area contributed by atoms with E-state index in [1.165, 1.54) is 18.2 Å². The Balaban J connectivity index is 2.28. The molecule has 0 aliphatic carbocycles. The summed E-state index contributed by atoms with van der Waals surface area (Å²) >= 11 is 1.95. The fourth-order valence-corrected chi connectivity index (χ4v) is 2.65. The molecule has 0 radical (unpaired) electrons. The van der Waals surface area contributed by atoms with E-state index in [0.717, 1.165) is 5.56 Å². The van der Waals surface area contributed by atoms with Crippen LogP contribution in [0.2, 0.25) is 0 Å². The quantitative estimate of drug-likeness (QED) is 0.404. The van der Waals surface area contributed by atoms with Crippen molar-refractivity contribution in [1.29, 1.82) is 0 Å². The molecule has 25 heavy (non-hydrogen) atoms. The van der Waals surface area contributed by atoms with Gasteiger partial charge in [0, 0.05) is 33.5 Å². The van der Waals surface area contributed by atoms with Crippen LogP contribution in [0.15, 0.2) is 36.4 Å². The Hall–Kier alpha value is -2.49. The molecule has 2 amide bonds. The van der Waals surface area contributed by atoms with Crippen molar-refractivity contribution in [2.24, 2.45) is 0 Å². The summed E-state index contributed by atoms with van der Waals surface area (Å²) in [6, 6.07) is 9.30. The Morgan fingerprint density at radius 2 is 1.88 bits per heavy atom. The van der Waals surface area contributed by atoms with Gasteiger partial charge >= 0.3 is 0 Å². The van der Waals surface area contributed by atoms with Gasteiger partial charge in [-0.05, 0) is 53.3 Å². The summed E-state index contributed by atoms with van der Waals surface area (Å²) in [5, 5.41) is 16.4. The van der Waals surface area contributed by atoms with Gasteiger partial charge in [0.1, 0.15) is 0 Å². The minimum atomic E-state index is -0.543. The molecule has 0 unspecified atom stereocenters. The normalized spacial score (nSPS) is 10.2. The van der Waals surface area contributed by atoms with Crippen LogP contribution in [0.4, 0.5) is 17.1 Å². The van der Waals surface area contributed by atoms with Gasteiger partial charge in [0.15, 0.2) is 0 Å². The van der Waals surface area contributed by atoms with Crippen molar-refractivity contribution in [1.82, 2.24) is 0 Å². The highest BCUT2D eigenvalue weighted by molar-refractivity contribution is 14.1. The van der Waals surface area contributed by atoms with E-state index in [-0.39, 0.29) is 17.2 Å². The lowest BCUT2D eigenvalue weighted by atomic mass is 10.1. The molecule has 7 nitrogen and oxygen atoms in total. The van der Waals surface area contributed by atoms with Crippen molar-refractivity contribution in [3.8, 4) is 0 Å². The number of amides is 2. The van der Waals surface area contributed by atoms with Gasteiger partial charge in [0.2, 0.25) is 5.91 Å². The molecule has 2 aromatic carbocycles. The number of nitro benzene ring substituents is 1. The maximum Gasteiger partial charge on any atom is 0.270 e. The Labute approximate surface area is 158 Å². The molecular weight excluding hydrogens is 437 g/mol. The first-order valence-corrected chi connectivity index (χ1v) is 8.55. The zero-order valence-electron chi connectivity index (χ0n) is 13.6. The van der Waals surface area contributed by atoms with Crippen LogP contribution in [0.1, 0.15) is 29.3 Å². The average molecular weight is 453 g/mol. The third-order valence-corrected chi connectivity index (χ3v) is 4.44. The van der Waals surface area contributed by atoms with Gasteiger partial charge in [0.05, 0.1) is 10.5 Å². The fourth-order valence-electron chi connectivity index (χ4n) is 2.07. The molecule has 0 aromatic heterocycles. The Morgan fingerprint density at radius 3 is 2.52 bits per heavy atom. The van der Waals surface area contributed by atoms with Gasteiger partial charge in [-0.3, -0.25) is 19.7 Å². The lowest BCUT2D eigenvalue weighted by molar-refractivity contribution is -0.384. The standard InChI is InChI=1S/C17H16IN3O4/c1-3-16(22)19-11-5-4-10(2)15(8-11)20-17(23)13-9-12(21(24)25)6-7-14(13)18/h4-9H,3H2,1-2H3,(H,19,22)(H,20,23). The molecule has 0 heterocycles. The number of rotatable bonds is 5. The molecule has 8 heteroatoms. The van der Waals surface area contributed by atoms with Crippen LogP contribution in [0.5, 0.6) is 0 Å². The van der Waals surface area contributed by atoms with Gasteiger partial charge in [-0.2, -0.15) is 0 Å². The topological polar surface area (TPSA) is 101 Å². The van der Waals surface area contributed by atoms with Crippen molar-refractivity contribution in [3.63, 3.8) is 0 Å². The molecule has 2 rings (SSSR count). The summed E-state index contributed by atoms with van der Waals surface area (Å²) in [7, 11) is 0. The first kappa shape index (κ1) is 18.8. The van der Waals surface area contributed by atoms with Crippen LogP contribution < -0.4 is 10.6 Å². The predicted octanol–water partition coefficient (Wildman–Crippen LogP) is 4.11. The predicted molar refractivity (Wildman–Crippen MR) is 104 cm³/mol. The fraction of sp³-hybridized carbons (Fsp3) is 0.176. The second-order valence-corrected chi connectivity index (χ2v) is 6.47. The smallest absolute Gasteiger partial charge is 0.270 e. The number of benzene rings is 2. The Bertz CT molecular complexity index is 852. The monoisotopic (exact) mass is 453 g/mol. The summed E-state index contributed by atoms with van der Waals surface area (Å²) in [5.74, 6) is -0.579. The highest BCUT2D eigenvalue weighted by atomic mass is 127. The molecular formula is C17H16IN3O4. The Morgan fingerprint density at radius 1 is 1.16 bits per heavy atom. The highest BCUT2D eigenvalue weighted by Crippen LogP contribution is 2.24. The summed E-state index contributed by atoms with van der Waals surface area (Å²) in [5.41, 5.74) is 1.98. The van der Waals surface area contributed by atoms with E-state index < -0.39 is 10.8 Å². The number of nitro groups is 1. The van der Waals surface area contributed by atoms with Crippen LogP contribution in [-0.2, 0) is 4.79 Å². The van der Waals surface area contributed by atoms with E-state index >= 15 is 0 Å². The largest absolute Gasteiger partial charge is 0.326 e. The summed E-state index contributed by atoms with van der Waals surface area (Å²) in [6.07, 6.45) is 0.349. The summed E-state index contributed by atoms with van der Waals surface area (Å²) in [4.78, 5) is 34.4. The average Bonchev–Trinajstić information content (AvgIpc) is 2.57. The summed E-state index contributed by atoms with van der Waals surface area (Å²) < 4.78 is 0.605. The van der Waals surface area contributed by atoms with E-state index in [0.29, 0.717) is 21.4 Å². The number of aryl methyl sites for hydroxylation is 1. The van der Waals surface area contributed by atoms with Crippen LogP contribution in [0, 0.1) is 20.6 Å². The number of carbonyl (C=O) groups excluding carboxylic acids is 2. The van der Waals surface area contributed by atoms with Gasteiger partial charge in [-0.15, -0.1) is 0 Å². The third-order valence-electron chi connectivity index (χ3n) is 3.50. The SMILES string of the molecule is CCC(=O)Nc1ccc(C)c(NC(=O)c2cc([N+](=O)[O-])ccc2I)c1.